The van der Waals surface area contributed by atoms with Crippen molar-refractivity contribution in [2.24, 2.45) is 5.92 Å². The van der Waals surface area contributed by atoms with Gasteiger partial charge in [-0.25, -0.2) is 0 Å². The van der Waals surface area contributed by atoms with Gasteiger partial charge in [-0.3, -0.25) is 4.68 Å². The minimum atomic E-state index is -0.502. The van der Waals surface area contributed by atoms with Crippen molar-refractivity contribution in [1.29, 1.82) is 0 Å². The van der Waals surface area contributed by atoms with Crippen LogP contribution in [0.2, 0.25) is 0 Å². The van der Waals surface area contributed by atoms with E-state index < -0.39 is 5.60 Å². The monoisotopic (exact) mass is 251 g/mol. The maximum absolute atomic E-state index is 10.5. The molecule has 0 radical (unpaired) electrons. The Hall–Kier alpha value is -0.870. The minimum absolute atomic E-state index is 0.502. The Balaban J connectivity index is 1.77. The molecule has 1 aromatic rings. The Labute approximate surface area is 109 Å². The van der Waals surface area contributed by atoms with E-state index in [-0.39, 0.29) is 0 Å². The molecule has 2 N–H and O–H groups in total. The zero-order valence-electron chi connectivity index (χ0n) is 11.5. The van der Waals surface area contributed by atoms with Crippen molar-refractivity contribution in [3.8, 4) is 0 Å². The average Bonchev–Trinajstić information content (AvgIpc) is 2.76. The second kappa shape index (κ2) is 5.85. The molecule has 1 aliphatic rings. The van der Waals surface area contributed by atoms with Gasteiger partial charge < -0.3 is 10.4 Å². The number of hydrogen-bond donors (Lipinski definition) is 2. The first-order valence-electron chi connectivity index (χ1n) is 7.06. The van der Waals surface area contributed by atoms with Crippen molar-refractivity contribution in [2.45, 2.75) is 58.2 Å². The van der Waals surface area contributed by atoms with Crippen LogP contribution in [0.4, 0.5) is 0 Å². The van der Waals surface area contributed by atoms with E-state index in [1.54, 1.807) is 0 Å². The third kappa shape index (κ3) is 3.56. The lowest BCUT2D eigenvalue weighted by Crippen LogP contribution is -2.43. The van der Waals surface area contributed by atoms with Gasteiger partial charge >= 0.3 is 0 Å². The fraction of sp³-hybridized carbons (Fsp3) is 0.786. The lowest BCUT2D eigenvalue weighted by atomic mass is 9.79. The van der Waals surface area contributed by atoms with Crippen LogP contribution < -0.4 is 5.32 Å². The molecule has 0 spiro atoms. The van der Waals surface area contributed by atoms with E-state index in [4.69, 9.17) is 0 Å². The smallest absolute Gasteiger partial charge is 0.0774 e. The number of aromatic nitrogens is 2. The molecule has 0 aromatic carbocycles. The van der Waals surface area contributed by atoms with Crippen molar-refractivity contribution in [2.75, 3.05) is 6.54 Å². The third-order valence-corrected chi connectivity index (χ3v) is 3.86. The summed E-state index contributed by atoms with van der Waals surface area (Å²) in [6, 6.07) is 0. The molecule has 4 nitrogen and oxygen atoms in total. The fourth-order valence-corrected chi connectivity index (χ4v) is 2.90. The molecule has 0 amide bonds. The molecule has 4 heteroatoms. The number of nitrogens with zero attached hydrogens (tertiary/aromatic N) is 2. The minimum Gasteiger partial charge on any atom is -0.389 e. The van der Waals surface area contributed by atoms with E-state index in [9.17, 15) is 5.11 Å². The maximum Gasteiger partial charge on any atom is 0.0774 e. The predicted octanol–water partition coefficient (Wildman–Crippen LogP) is 1.93. The van der Waals surface area contributed by atoms with Crippen LogP contribution in [0.25, 0.3) is 0 Å². The van der Waals surface area contributed by atoms with Gasteiger partial charge in [0.25, 0.3) is 0 Å². The summed E-state index contributed by atoms with van der Waals surface area (Å²) in [5, 5.41) is 18.1. The van der Waals surface area contributed by atoms with Crippen LogP contribution in [0.1, 0.15) is 45.1 Å². The van der Waals surface area contributed by atoms with Crippen molar-refractivity contribution in [1.82, 2.24) is 15.1 Å². The molecular formula is C14H25N3O. The van der Waals surface area contributed by atoms with Gasteiger partial charge in [0, 0.05) is 31.4 Å². The second-order valence-corrected chi connectivity index (χ2v) is 5.73. The highest BCUT2D eigenvalue weighted by atomic mass is 16.3. The first-order valence-corrected chi connectivity index (χ1v) is 7.06. The Morgan fingerprint density at radius 3 is 3.11 bits per heavy atom. The lowest BCUT2D eigenvalue weighted by Gasteiger charge is -2.35. The Kier molecular flexibility index (Phi) is 4.40. The first kappa shape index (κ1) is 13.6. The maximum atomic E-state index is 10.5. The van der Waals surface area contributed by atoms with E-state index in [1.807, 2.05) is 10.9 Å². The van der Waals surface area contributed by atoms with Gasteiger partial charge in [-0.1, -0.05) is 19.8 Å². The van der Waals surface area contributed by atoms with E-state index in [2.05, 4.69) is 30.5 Å². The number of nitrogens with one attached hydrogen (secondary N) is 1. The molecule has 1 saturated carbocycles. The number of aryl methyl sites for hydroxylation is 1. The third-order valence-electron chi connectivity index (χ3n) is 3.86. The van der Waals surface area contributed by atoms with Crippen LogP contribution >= 0.6 is 0 Å². The molecule has 0 saturated heterocycles. The summed E-state index contributed by atoms with van der Waals surface area (Å²) in [5.74, 6) is 0.647. The van der Waals surface area contributed by atoms with Crippen molar-refractivity contribution < 1.29 is 5.11 Å². The Bertz CT molecular complexity index is 377. The van der Waals surface area contributed by atoms with E-state index in [0.29, 0.717) is 12.5 Å². The van der Waals surface area contributed by atoms with Crippen LogP contribution in [-0.2, 0) is 13.1 Å². The summed E-state index contributed by atoms with van der Waals surface area (Å²) in [4.78, 5) is 0. The number of hydrogen-bond acceptors (Lipinski definition) is 3. The Morgan fingerprint density at radius 2 is 2.44 bits per heavy atom. The summed E-state index contributed by atoms with van der Waals surface area (Å²) in [5.41, 5.74) is 0.683. The molecule has 0 aliphatic heterocycles. The number of rotatable bonds is 5. The van der Waals surface area contributed by atoms with Crippen LogP contribution in [0.3, 0.4) is 0 Å². The van der Waals surface area contributed by atoms with E-state index >= 15 is 0 Å². The molecule has 18 heavy (non-hydrogen) atoms. The highest BCUT2D eigenvalue weighted by molar-refractivity contribution is 5.03. The van der Waals surface area contributed by atoms with Crippen LogP contribution in [0.5, 0.6) is 0 Å². The van der Waals surface area contributed by atoms with Gasteiger partial charge in [-0.15, -0.1) is 0 Å². The van der Waals surface area contributed by atoms with Gasteiger partial charge in [0.05, 0.1) is 11.8 Å². The van der Waals surface area contributed by atoms with Gasteiger partial charge in [0.15, 0.2) is 0 Å². The molecule has 102 valence electrons. The van der Waals surface area contributed by atoms with Crippen molar-refractivity contribution >= 4 is 0 Å². The second-order valence-electron chi connectivity index (χ2n) is 5.73. The van der Waals surface area contributed by atoms with E-state index in [0.717, 1.165) is 32.4 Å². The molecule has 1 heterocycles. The molecular weight excluding hydrogens is 226 g/mol. The topological polar surface area (TPSA) is 50.1 Å². The number of aliphatic hydroxyl groups is 1. The fourth-order valence-electron chi connectivity index (χ4n) is 2.90. The summed E-state index contributed by atoms with van der Waals surface area (Å²) in [7, 11) is 0. The SMILES string of the molecule is CCn1cc(CNCC2(O)CCCC(C)C2)cn1. The largest absolute Gasteiger partial charge is 0.389 e. The molecule has 0 bridgehead atoms. The van der Waals surface area contributed by atoms with Crippen LogP contribution in [0.15, 0.2) is 12.4 Å². The lowest BCUT2D eigenvalue weighted by molar-refractivity contribution is -0.0119. The van der Waals surface area contributed by atoms with Gasteiger partial charge in [-0.05, 0) is 25.7 Å². The standard InChI is InChI=1S/C14H25N3O/c1-3-17-10-13(9-16-17)8-15-11-14(18)6-4-5-12(2)7-14/h9-10,12,15,18H,3-8,11H2,1-2H3. The summed E-state index contributed by atoms with van der Waals surface area (Å²) >= 11 is 0. The zero-order chi connectivity index (χ0) is 13.0. The van der Waals surface area contributed by atoms with Crippen molar-refractivity contribution in [3.05, 3.63) is 18.0 Å². The predicted molar refractivity (Wildman–Crippen MR) is 72.2 cm³/mol. The van der Waals surface area contributed by atoms with E-state index in [1.165, 1.54) is 12.0 Å². The zero-order valence-corrected chi connectivity index (χ0v) is 11.5. The molecule has 2 atom stereocenters. The highest BCUT2D eigenvalue weighted by Gasteiger charge is 2.31. The molecule has 1 fully saturated rings. The van der Waals surface area contributed by atoms with Gasteiger partial charge in [0.2, 0.25) is 0 Å². The van der Waals surface area contributed by atoms with Gasteiger partial charge in [0.1, 0.15) is 0 Å². The first-order chi connectivity index (χ1) is 8.61. The van der Waals surface area contributed by atoms with Crippen molar-refractivity contribution in [3.63, 3.8) is 0 Å². The quantitative estimate of drug-likeness (QED) is 0.841. The average molecular weight is 251 g/mol. The molecule has 1 aromatic heterocycles. The summed E-state index contributed by atoms with van der Waals surface area (Å²) in [6.45, 7) is 6.69. The normalized spacial score (nSPS) is 28.5. The molecule has 1 aliphatic carbocycles. The summed E-state index contributed by atoms with van der Waals surface area (Å²) in [6.07, 6.45) is 8.20. The molecule has 2 unspecified atom stereocenters. The summed E-state index contributed by atoms with van der Waals surface area (Å²) < 4.78 is 1.93. The highest BCUT2D eigenvalue weighted by Crippen LogP contribution is 2.31. The van der Waals surface area contributed by atoms with Gasteiger partial charge in [-0.2, -0.15) is 5.10 Å². The van der Waals surface area contributed by atoms with Crippen LogP contribution in [0, 0.1) is 5.92 Å². The molecule has 2 rings (SSSR count). The Morgan fingerprint density at radius 1 is 1.61 bits per heavy atom. The van der Waals surface area contributed by atoms with Crippen LogP contribution in [-0.4, -0.2) is 27.0 Å².